The van der Waals surface area contributed by atoms with Gasteiger partial charge in [-0.3, -0.25) is 15.1 Å². The molecule has 4 aromatic heterocycles. The Morgan fingerprint density at radius 2 is 2.00 bits per heavy atom. The van der Waals surface area contributed by atoms with Crippen molar-refractivity contribution >= 4 is 16.6 Å². The van der Waals surface area contributed by atoms with Crippen LogP contribution in [-0.2, 0) is 11.2 Å². The van der Waals surface area contributed by atoms with Crippen molar-refractivity contribution < 1.29 is 9.13 Å². The minimum absolute atomic E-state index is 0.396. The molecule has 0 aromatic carbocycles. The third-order valence-electron chi connectivity index (χ3n) is 6.01. The van der Waals surface area contributed by atoms with Gasteiger partial charge in [0.2, 0.25) is 0 Å². The number of aromatic nitrogens is 6. The van der Waals surface area contributed by atoms with E-state index in [0.717, 1.165) is 66.4 Å². The van der Waals surface area contributed by atoms with Crippen LogP contribution in [0.25, 0.3) is 39.4 Å². The van der Waals surface area contributed by atoms with E-state index in [2.05, 4.69) is 43.0 Å². The first-order valence-corrected chi connectivity index (χ1v) is 10.7. The van der Waals surface area contributed by atoms with E-state index in [1.807, 2.05) is 6.07 Å². The van der Waals surface area contributed by atoms with Crippen LogP contribution in [0.15, 0.2) is 36.8 Å². The third kappa shape index (κ3) is 3.25. The number of nitrogens with one attached hydrogen (secondary N) is 2. The second-order valence-electron chi connectivity index (χ2n) is 8.32. The summed E-state index contributed by atoms with van der Waals surface area (Å²) in [5.41, 5.74) is 6.03. The average molecular weight is 431 g/mol. The van der Waals surface area contributed by atoms with E-state index >= 15 is 0 Å². The second-order valence-corrected chi connectivity index (χ2v) is 8.32. The van der Waals surface area contributed by atoms with Crippen LogP contribution in [0, 0.1) is 11.7 Å². The Labute approximate surface area is 183 Å². The van der Waals surface area contributed by atoms with Gasteiger partial charge in [0.15, 0.2) is 5.82 Å². The Morgan fingerprint density at radius 1 is 1.12 bits per heavy atom. The van der Waals surface area contributed by atoms with Crippen molar-refractivity contribution in [1.82, 2.24) is 35.0 Å². The van der Waals surface area contributed by atoms with Crippen LogP contribution in [0.3, 0.4) is 0 Å². The number of rotatable bonds is 3. The highest BCUT2D eigenvalue weighted by Gasteiger charge is 2.27. The molecule has 4 aromatic rings. The molecule has 1 aliphatic carbocycles. The van der Waals surface area contributed by atoms with E-state index in [0.29, 0.717) is 23.0 Å². The van der Waals surface area contributed by atoms with Crippen molar-refractivity contribution in [2.45, 2.75) is 13.3 Å². The van der Waals surface area contributed by atoms with Gasteiger partial charge in [0.05, 0.1) is 42.5 Å². The van der Waals surface area contributed by atoms with Crippen LogP contribution in [0.4, 0.5) is 4.39 Å². The molecular weight excluding hydrogens is 409 g/mol. The molecule has 5 heterocycles. The van der Waals surface area contributed by atoms with Crippen molar-refractivity contribution in [3.63, 3.8) is 0 Å². The number of nitrogens with zero attached hydrogens (tertiary/aromatic N) is 5. The van der Waals surface area contributed by atoms with Gasteiger partial charge in [-0.1, -0.05) is 13.0 Å². The molecule has 9 heteroatoms. The van der Waals surface area contributed by atoms with Gasteiger partial charge in [-0.2, -0.15) is 5.10 Å². The molecule has 0 amide bonds. The molecule has 1 unspecified atom stereocenters. The fourth-order valence-corrected chi connectivity index (χ4v) is 4.48. The average Bonchev–Trinajstić information content (AvgIpc) is 3.42. The van der Waals surface area contributed by atoms with E-state index < -0.39 is 5.82 Å². The first-order valence-electron chi connectivity index (χ1n) is 10.7. The molecular formula is C23H22FN7O. The summed E-state index contributed by atoms with van der Waals surface area (Å²) in [5.74, 6) is 0.733. The Kier molecular flexibility index (Phi) is 4.50. The molecule has 162 valence electrons. The summed E-state index contributed by atoms with van der Waals surface area (Å²) in [4.78, 5) is 19.2. The molecule has 1 fully saturated rings. The largest absolute Gasteiger partial charge is 0.378 e. The first kappa shape index (κ1) is 19.1. The predicted molar refractivity (Wildman–Crippen MR) is 118 cm³/mol. The quantitative estimate of drug-likeness (QED) is 0.516. The number of halogens is 1. The molecule has 1 saturated heterocycles. The number of ether oxygens (including phenoxy) is 1. The van der Waals surface area contributed by atoms with E-state index in [1.54, 1.807) is 12.4 Å². The molecule has 0 spiro atoms. The maximum Gasteiger partial charge on any atom is 0.159 e. The van der Waals surface area contributed by atoms with E-state index in [1.165, 1.54) is 12.3 Å². The third-order valence-corrected chi connectivity index (χ3v) is 6.01. The number of H-pyrrole nitrogens is 2. The first-order chi connectivity index (χ1) is 15.7. The summed E-state index contributed by atoms with van der Waals surface area (Å²) in [6.45, 7) is 5.41. The lowest BCUT2D eigenvalue weighted by atomic mass is 9.95. The van der Waals surface area contributed by atoms with E-state index in [-0.39, 0.29) is 0 Å². The lowest BCUT2D eigenvalue weighted by molar-refractivity contribution is 0.0635. The van der Waals surface area contributed by atoms with Crippen molar-refractivity contribution in [3.05, 3.63) is 54.0 Å². The summed E-state index contributed by atoms with van der Waals surface area (Å²) >= 11 is 0. The highest BCUT2D eigenvalue weighted by Crippen LogP contribution is 2.34. The Hall–Kier alpha value is -3.59. The number of hydrogen-bond donors (Lipinski definition) is 2. The van der Waals surface area contributed by atoms with Crippen LogP contribution >= 0.6 is 0 Å². The predicted octanol–water partition coefficient (Wildman–Crippen LogP) is 3.41. The van der Waals surface area contributed by atoms with Crippen LogP contribution < -0.4 is 0 Å². The van der Waals surface area contributed by atoms with Crippen molar-refractivity contribution in [1.29, 1.82) is 0 Å². The summed E-state index contributed by atoms with van der Waals surface area (Å²) in [7, 11) is 0. The number of allylic oxidation sites excluding steroid dienone is 1. The van der Waals surface area contributed by atoms with Gasteiger partial charge in [0.25, 0.3) is 0 Å². The van der Waals surface area contributed by atoms with Gasteiger partial charge < -0.3 is 14.6 Å². The fourth-order valence-electron chi connectivity index (χ4n) is 4.48. The number of fused-ring (bicyclic) bond motifs is 2. The zero-order valence-electron chi connectivity index (χ0n) is 17.6. The normalized spacial score (nSPS) is 18.6. The minimum Gasteiger partial charge on any atom is -0.378 e. The SMILES string of the molecule is CC1C=C(N2CCOCC2)c2nc(-c3n[nH]c4cnc(-c5cncc(F)c5)cc34)[nH]c2C1. The van der Waals surface area contributed by atoms with Crippen LogP contribution in [0.1, 0.15) is 18.3 Å². The van der Waals surface area contributed by atoms with Gasteiger partial charge in [-0.05, 0) is 24.5 Å². The number of morpholine rings is 1. The van der Waals surface area contributed by atoms with Gasteiger partial charge in [0.1, 0.15) is 17.2 Å². The Balaban J connectivity index is 1.42. The zero-order chi connectivity index (χ0) is 21.7. The molecule has 0 saturated carbocycles. The van der Waals surface area contributed by atoms with Gasteiger partial charge >= 0.3 is 0 Å². The van der Waals surface area contributed by atoms with Crippen molar-refractivity contribution in [3.8, 4) is 22.8 Å². The Bertz CT molecular complexity index is 1340. The number of pyridine rings is 2. The summed E-state index contributed by atoms with van der Waals surface area (Å²) < 4.78 is 19.2. The molecule has 32 heavy (non-hydrogen) atoms. The molecule has 0 bridgehead atoms. The topological polar surface area (TPSA) is 95.6 Å². The summed E-state index contributed by atoms with van der Waals surface area (Å²) in [5, 5.41) is 8.42. The fraction of sp³-hybridized carbons (Fsp3) is 0.304. The molecule has 1 atom stereocenters. The smallest absolute Gasteiger partial charge is 0.159 e. The summed E-state index contributed by atoms with van der Waals surface area (Å²) in [6, 6.07) is 3.32. The number of hydrogen-bond acceptors (Lipinski definition) is 6. The van der Waals surface area contributed by atoms with Crippen LogP contribution in [-0.4, -0.2) is 61.3 Å². The molecule has 2 aliphatic rings. The Morgan fingerprint density at radius 3 is 2.84 bits per heavy atom. The number of aromatic amines is 2. The maximum atomic E-state index is 13.7. The van der Waals surface area contributed by atoms with Gasteiger partial charge in [-0.25, -0.2) is 9.37 Å². The van der Waals surface area contributed by atoms with Gasteiger partial charge in [0, 0.05) is 35.9 Å². The van der Waals surface area contributed by atoms with Crippen molar-refractivity contribution in [2.24, 2.45) is 5.92 Å². The zero-order valence-corrected chi connectivity index (χ0v) is 17.6. The lowest BCUT2D eigenvalue weighted by Crippen LogP contribution is -2.36. The van der Waals surface area contributed by atoms with Crippen molar-refractivity contribution in [2.75, 3.05) is 26.3 Å². The van der Waals surface area contributed by atoms with E-state index in [4.69, 9.17) is 9.72 Å². The molecule has 2 N–H and O–H groups in total. The minimum atomic E-state index is -0.396. The second kappa shape index (κ2) is 7.52. The van der Waals surface area contributed by atoms with Crippen LogP contribution in [0.5, 0.6) is 0 Å². The summed E-state index contributed by atoms with van der Waals surface area (Å²) in [6.07, 6.45) is 7.69. The van der Waals surface area contributed by atoms with Crippen LogP contribution in [0.2, 0.25) is 0 Å². The molecule has 8 nitrogen and oxygen atoms in total. The standard InChI is InChI=1S/C23H22FN7O/c1-13-6-18-22(20(7-13)31-2-4-32-5-3-31)28-23(27-18)21-16-9-17(26-12-19(16)29-30-21)14-8-15(24)11-25-10-14/h7-13H,2-6H2,1H3,(H,27,28)(H,29,30). The van der Waals surface area contributed by atoms with Gasteiger partial charge in [-0.15, -0.1) is 0 Å². The highest BCUT2D eigenvalue weighted by molar-refractivity contribution is 5.93. The maximum absolute atomic E-state index is 13.7. The molecule has 0 radical (unpaired) electrons. The monoisotopic (exact) mass is 431 g/mol. The highest BCUT2D eigenvalue weighted by atomic mass is 19.1. The number of imidazole rings is 1. The van der Waals surface area contributed by atoms with E-state index in [9.17, 15) is 4.39 Å². The molecule has 1 aliphatic heterocycles. The molecule has 6 rings (SSSR count). The lowest BCUT2D eigenvalue weighted by Gasteiger charge is -2.33.